The summed E-state index contributed by atoms with van der Waals surface area (Å²) < 4.78 is 5.47. The number of ether oxygens (including phenoxy) is 1. The minimum Gasteiger partial charge on any atom is -0.381 e. The second-order valence-electron chi connectivity index (χ2n) is 7.67. The second-order valence-corrected chi connectivity index (χ2v) is 7.67. The van der Waals surface area contributed by atoms with E-state index in [4.69, 9.17) is 4.74 Å². The highest BCUT2D eigenvalue weighted by molar-refractivity contribution is 5.79. The van der Waals surface area contributed by atoms with Crippen molar-refractivity contribution in [1.82, 2.24) is 15.5 Å². The highest BCUT2D eigenvalue weighted by atomic mass is 16.5. The molecule has 0 radical (unpaired) electrons. The third-order valence-corrected chi connectivity index (χ3v) is 4.72. The van der Waals surface area contributed by atoms with E-state index in [9.17, 15) is 0 Å². The van der Waals surface area contributed by atoms with Gasteiger partial charge in [-0.15, -0.1) is 0 Å². The van der Waals surface area contributed by atoms with Crippen molar-refractivity contribution in [3.05, 3.63) is 35.9 Å². The smallest absolute Gasteiger partial charge is 0.193 e. The van der Waals surface area contributed by atoms with E-state index in [0.29, 0.717) is 12.0 Å². The molecule has 5 nitrogen and oxygen atoms in total. The minimum atomic E-state index is -0.0531. The molecule has 1 aliphatic heterocycles. The van der Waals surface area contributed by atoms with Crippen molar-refractivity contribution in [1.29, 1.82) is 0 Å². The zero-order valence-corrected chi connectivity index (χ0v) is 16.4. The Morgan fingerprint density at radius 1 is 1.36 bits per heavy atom. The Bertz CT molecular complexity index is 538. The summed E-state index contributed by atoms with van der Waals surface area (Å²) in [6, 6.07) is 10.9. The minimum absolute atomic E-state index is 0.0531. The Kier molecular flexibility index (Phi) is 7.26. The lowest BCUT2D eigenvalue weighted by molar-refractivity contribution is 0.181. The van der Waals surface area contributed by atoms with Gasteiger partial charge in [0, 0.05) is 51.3 Å². The molecule has 1 saturated heterocycles. The monoisotopic (exact) mass is 346 g/mol. The molecular formula is C20H34N4O. The van der Waals surface area contributed by atoms with Crippen molar-refractivity contribution in [2.75, 3.05) is 40.4 Å². The fourth-order valence-electron chi connectivity index (χ4n) is 3.35. The highest BCUT2D eigenvalue weighted by Gasteiger charge is 2.23. The van der Waals surface area contributed by atoms with Crippen molar-refractivity contribution in [2.45, 2.75) is 38.8 Å². The number of nitrogens with zero attached hydrogens (tertiary/aromatic N) is 2. The first kappa shape index (κ1) is 19.7. The summed E-state index contributed by atoms with van der Waals surface area (Å²) in [7, 11) is 3.94. The summed E-state index contributed by atoms with van der Waals surface area (Å²) in [5.74, 6) is 1.54. The molecule has 2 N–H and O–H groups in total. The number of nitrogens with one attached hydrogen (secondary N) is 2. The van der Waals surface area contributed by atoms with Crippen LogP contribution in [-0.2, 0) is 4.74 Å². The number of hydrogen-bond acceptors (Lipinski definition) is 3. The van der Waals surface area contributed by atoms with Crippen LogP contribution in [0.4, 0.5) is 0 Å². The Balaban J connectivity index is 1.84. The van der Waals surface area contributed by atoms with Gasteiger partial charge < -0.3 is 20.3 Å². The maximum absolute atomic E-state index is 5.47. The molecule has 5 heteroatoms. The summed E-state index contributed by atoms with van der Waals surface area (Å²) in [5.41, 5.74) is 1.25. The Hall–Kier alpha value is -1.59. The predicted molar refractivity (Wildman–Crippen MR) is 105 cm³/mol. The van der Waals surface area contributed by atoms with Gasteiger partial charge in [0.15, 0.2) is 5.96 Å². The highest BCUT2D eigenvalue weighted by Crippen LogP contribution is 2.16. The maximum Gasteiger partial charge on any atom is 0.193 e. The SMILES string of the molecule is CN=C(NCC(C)(C)NC(C)c1ccccc1)N(C)CC1CCOC1. The van der Waals surface area contributed by atoms with Crippen LogP contribution < -0.4 is 10.6 Å². The van der Waals surface area contributed by atoms with E-state index >= 15 is 0 Å². The molecule has 2 atom stereocenters. The van der Waals surface area contributed by atoms with Gasteiger partial charge in [-0.05, 0) is 32.8 Å². The second kappa shape index (κ2) is 9.20. The van der Waals surface area contributed by atoms with Gasteiger partial charge in [-0.1, -0.05) is 30.3 Å². The molecule has 1 heterocycles. The number of benzene rings is 1. The molecule has 1 fully saturated rings. The molecule has 1 aromatic rings. The summed E-state index contributed by atoms with van der Waals surface area (Å²) in [6.45, 7) is 10.2. The lowest BCUT2D eigenvalue weighted by Gasteiger charge is -2.33. The van der Waals surface area contributed by atoms with E-state index in [1.54, 1.807) is 0 Å². The normalized spacial score (nSPS) is 19.7. The molecule has 0 aromatic heterocycles. The zero-order valence-electron chi connectivity index (χ0n) is 16.4. The third-order valence-electron chi connectivity index (χ3n) is 4.72. The van der Waals surface area contributed by atoms with Gasteiger partial charge in [-0.3, -0.25) is 4.99 Å². The molecule has 0 aliphatic carbocycles. The molecule has 140 valence electrons. The van der Waals surface area contributed by atoms with Gasteiger partial charge in [0.2, 0.25) is 0 Å². The van der Waals surface area contributed by atoms with Gasteiger partial charge in [-0.25, -0.2) is 0 Å². The maximum atomic E-state index is 5.47. The summed E-state index contributed by atoms with van der Waals surface area (Å²) in [6.07, 6.45) is 1.14. The molecule has 0 spiro atoms. The molecule has 25 heavy (non-hydrogen) atoms. The molecule has 1 aliphatic rings. The number of hydrogen-bond donors (Lipinski definition) is 2. The van der Waals surface area contributed by atoms with Crippen molar-refractivity contribution in [3.63, 3.8) is 0 Å². The standard InChI is InChI=1S/C20H34N4O/c1-16(18-9-7-6-8-10-18)23-20(2,3)15-22-19(21-4)24(5)13-17-11-12-25-14-17/h6-10,16-17,23H,11-15H2,1-5H3,(H,21,22). The van der Waals surface area contributed by atoms with Crippen LogP contribution in [0.2, 0.25) is 0 Å². The topological polar surface area (TPSA) is 48.9 Å². The Labute approximate surface area is 152 Å². The lowest BCUT2D eigenvalue weighted by atomic mass is 10.0. The Morgan fingerprint density at radius 3 is 2.68 bits per heavy atom. The van der Waals surface area contributed by atoms with E-state index in [2.05, 4.69) is 78.7 Å². The van der Waals surface area contributed by atoms with Crippen molar-refractivity contribution in [3.8, 4) is 0 Å². The van der Waals surface area contributed by atoms with Crippen LogP contribution in [0, 0.1) is 5.92 Å². The third kappa shape index (κ3) is 6.33. The first-order valence-electron chi connectivity index (χ1n) is 9.23. The molecule has 0 amide bonds. The van der Waals surface area contributed by atoms with Crippen molar-refractivity contribution >= 4 is 5.96 Å². The van der Waals surface area contributed by atoms with Crippen LogP contribution in [0.25, 0.3) is 0 Å². The first-order chi connectivity index (χ1) is 11.9. The summed E-state index contributed by atoms with van der Waals surface area (Å²) in [5, 5.41) is 7.22. The molecular weight excluding hydrogens is 312 g/mol. The zero-order chi connectivity index (χ0) is 18.3. The van der Waals surface area contributed by atoms with Crippen LogP contribution in [0.15, 0.2) is 35.3 Å². The van der Waals surface area contributed by atoms with Crippen LogP contribution >= 0.6 is 0 Å². The van der Waals surface area contributed by atoms with Crippen molar-refractivity contribution in [2.24, 2.45) is 10.9 Å². The van der Waals surface area contributed by atoms with Gasteiger partial charge in [0.25, 0.3) is 0 Å². The fourth-order valence-corrected chi connectivity index (χ4v) is 3.35. The van der Waals surface area contributed by atoms with E-state index in [1.165, 1.54) is 5.56 Å². The average Bonchev–Trinajstić information content (AvgIpc) is 3.08. The largest absolute Gasteiger partial charge is 0.381 e. The molecule has 1 aromatic carbocycles. The van der Waals surface area contributed by atoms with E-state index in [-0.39, 0.29) is 5.54 Å². The van der Waals surface area contributed by atoms with E-state index in [1.807, 2.05) is 7.05 Å². The quantitative estimate of drug-likeness (QED) is 0.589. The molecule has 2 rings (SSSR count). The molecule has 0 bridgehead atoms. The van der Waals surface area contributed by atoms with E-state index < -0.39 is 0 Å². The van der Waals surface area contributed by atoms with Crippen LogP contribution in [0.5, 0.6) is 0 Å². The summed E-state index contributed by atoms with van der Waals surface area (Å²) in [4.78, 5) is 6.64. The van der Waals surface area contributed by atoms with Crippen LogP contribution in [0.3, 0.4) is 0 Å². The first-order valence-corrected chi connectivity index (χ1v) is 9.23. The molecule has 0 saturated carbocycles. The van der Waals surface area contributed by atoms with Gasteiger partial charge in [-0.2, -0.15) is 0 Å². The van der Waals surface area contributed by atoms with E-state index in [0.717, 1.165) is 38.7 Å². The van der Waals surface area contributed by atoms with Crippen molar-refractivity contribution < 1.29 is 4.74 Å². The van der Waals surface area contributed by atoms with Gasteiger partial charge in [0.1, 0.15) is 0 Å². The van der Waals surface area contributed by atoms with Gasteiger partial charge in [0.05, 0.1) is 6.61 Å². The Morgan fingerprint density at radius 2 is 2.08 bits per heavy atom. The molecule has 2 unspecified atom stereocenters. The number of aliphatic imine (C=N–C) groups is 1. The number of guanidine groups is 1. The van der Waals surface area contributed by atoms with Gasteiger partial charge >= 0.3 is 0 Å². The fraction of sp³-hybridized carbons (Fsp3) is 0.650. The summed E-state index contributed by atoms with van der Waals surface area (Å²) >= 11 is 0. The van der Waals surface area contributed by atoms with Crippen LogP contribution in [-0.4, -0.2) is 56.8 Å². The van der Waals surface area contributed by atoms with Crippen LogP contribution in [0.1, 0.15) is 38.8 Å². The lowest BCUT2D eigenvalue weighted by Crippen LogP contribution is -2.52. The predicted octanol–water partition coefficient (Wildman–Crippen LogP) is 2.66. The average molecular weight is 347 g/mol. The number of rotatable bonds is 7.